The first kappa shape index (κ1) is 23.8. The minimum Gasteiger partial charge on any atom is -0.376 e. The van der Waals surface area contributed by atoms with Crippen LogP contribution in [0.4, 0.5) is 4.39 Å². The maximum atomic E-state index is 14.2. The van der Waals surface area contributed by atoms with Gasteiger partial charge >= 0.3 is 0 Å². The van der Waals surface area contributed by atoms with Crippen molar-refractivity contribution in [2.24, 2.45) is 5.92 Å². The van der Waals surface area contributed by atoms with Gasteiger partial charge in [-0.25, -0.2) is 17.8 Å². The number of rotatable bonds is 7. The van der Waals surface area contributed by atoms with E-state index in [-0.39, 0.29) is 16.8 Å². The van der Waals surface area contributed by atoms with E-state index in [2.05, 4.69) is 11.5 Å². The summed E-state index contributed by atoms with van der Waals surface area (Å²) < 4.78 is 50.4. The molecule has 6 nitrogen and oxygen atoms in total. The number of piperidine rings is 1. The maximum absolute atomic E-state index is 14.2. The van der Waals surface area contributed by atoms with E-state index in [4.69, 9.17) is 9.72 Å². The molecule has 3 heterocycles. The number of thioether (sulfide) groups is 1. The molecule has 2 aromatic carbocycles. The van der Waals surface area contributed by atoms with E-state index in [9.17, 15) is 12.8 Å². The fourth-order valence-electron chi connectivity index (χ4n) is 4.80. The van der Waals surface area contributed by atoms with Crippen molar-refractivity contribution in [2.45, 2.75) is 61.1 Å². The van der Waals surface area contributed by atoms with Gasteiger partial charge in [0.1, 0.15) is 5.82 Å². The lowest BCUT2D eigenvalue weighted by molar-refractivity contribution is 0.0960. The Labute approximate surface area is 204 Å². The predicted octanol–water partition coefficient (Wildman–Crippen LogP) is 5.07. The summed E-state index contributed by atoms with van der Waals surface area (Å²) in [5.41, 5.74) is 2.13. The van der Waals surface area contributed by atoms with Gasteiger partial charge in [0, 0.05) is 25.4 Å². The fraction of sp³-hybridized carbons (Fsp3) is 0.480. The highest BCUT2D eigenvalue weighted by molar-refractivity contribution is 7.98. The summed E-state index contributed by atoms with van der Waals surface area (Å²) in [6.45, 7) is 4.60. The number of aromatic nitrogens is 2. The van der Waals surface area contributed by atoms with E-state index in [0.717, 1.165) is 43.0 Å². The van der Waals surface area contributed by atoms with Crippen molar-refractivity contribution in [1.82, 2.24) is 13.9 Å². The first-order valence-electron chi connectivity index (χ1n) is 11.9. The summed E-state index contributed by atoms with van der Waals surface area (Å²) >= 11 is 1.46. The summed E-state index contributed by atoms with van der Waals surface area (Å²) in [7, 11) is -3.57. The van der Waals surface area contributed by atoms with Gasteiger partial charge in [-0.05, 0) is 61.4 Å². The number of imidazole rings is 1. The normalized spacial score (nSPS) is 21.9. The van der Waals surface area contributed by atoms with Gasteiger partial charge in [-0.1, -0.05) is 36.9 Å². The number of ether oxygens (including phenoxy) is 1. The molecule has 9 heteroatoms. The molecule has 3 aromatic rings. The van der Waals surface area contributed by atoms with Gasteiger partial charge in [0.25, 0.3) is 0 Å². The Kier molecular flexibility index (Phi) is 6.97. The van der Waals surface area contributed by atoms with E-state index in [0.29, 0.717) is 42.4 Å². The Morgan fingerprint density at radius 3 is 2.79 bits per heavy atom. The molecule has 2 aliphatic heterocycles. The number of halogens is 1. The highest BCUT2D eigenvalue weighted by Gasteiger charge is 2.29. The zero-order chi connectivity index (χ0) is 23.7. The molecule has 0 radical (unpaired) electrons. The van der Waals surface area contributed by atoms with Crippen LogP contribution in [0.15, 0.2) is 52.5 Å². The van der Waals surface area contributed by atoms with Gasteiger partial charge < -0.3 is 9.30 Å². The molecular formula is C25H30FN3O3S2. The van der Waals surface area contributed by atoms with Gasteiger partial charge in [0.05, 0.1) is 28.6 Å². The molecule has 0 unspecified atom stereocenters. The van der Waals surface area contributed by atoms with Crippen molar-refractivity contribution in [2.75, 3.05) is 19.7 Å². The van der Waals surface area contributed by atoms with Gasteiger partial charge in [-0.2, -0.15) is 4.31 Å². The zero-order valence-corrected chi connectivity index (χ0v) is 21.0. The second-order valence-electron chi connectivity index (χ2n) is 9.28. The average Bonchev–Trinajstić information content (AvgIpc) is 3.46. The zero-order valence-electron chi connectivity index (χ0n) is 19.3. The van der Waals surface area contributed by atoms with Gasteiger partial charge in [-0.3, -0.25) is 0 Å². The minimum atomic E-state index is -3.57. The van der Waals surface area contributed by atoms with Crippen LogP contribution in [0.3, 0.4) is 0 Å². The molecule has 1 aromatic heterocycles. The van der Waals surface area contributed by atoms with Crippen LogP contribution in [0.2, 0.25) is 0 Å². The predicted molar refractivity (Wildman–Crippen MR) is 132 cm³/mol. The number of benzene rings is 2. The molecule has 2 fully saturated rings. The lowest BCUT2D eigenvalue weighted by Crippen LogP contribution is -2.39. The Morgan fingerprint density at radius 2 is 2.03 bits per heavy atom. The van der Waals surface area contributed by atoms with E-state index in [1.165, 1.54) is 17.8 Å². The quantitative estimate of drug-likeness (QED) is 0.422. The largest absolute Gasteiger partial charge is 0.376 e. The SMILES string of the molecule is C[C@H]1CCCN(S(=O)(=O)c2ccc3c(c2)nc(SCc2ccccc2F)n3C[C@H]2CCCO2)C1. The van der Waals surface area contributed by atoms with Crippen molar-refractivity contribution < 1.29 is 17.5 Å². The van der Waals surface area contributed by atoms with Crippen molar-refractivity contribution in [3.8, 4) is 0 Å². The van der Waals surface area contributed by atoms with Crippen molar-refractivity contribution in [3.63, 3.8) is 0 Å². The van der Waals surface area contributed by atoms with Crippen LogP contribution in [-0.2, 0) is 27.1 Å². The Hall–Kier alpha value is -1.94. The Bertz CT molecular complexity index is 1270. The summed E-state index contributed by atoms with van der Waals surface area (Å²) in [4.78, 5) is 5.08. The standard InChI is InChI=1S/C25H30FN3O3S2/c1-18-6-4-12-28(15-18)34(30,31)21-10-11-24-23(14-21)27-25(29(24)16-20-8-5-13-32-20)33-17-19-7-2-3-9-22(19)26/h2-3,7,9-11,14,18,20H,4-6,8,12-13,15-17H2,1H3/t18-,20+/m0/s1. The third-order valence-corrected chi connectivity index (χ3v) is 9.55. The van der Waals surface area contributed by atoms with E-state index in [1.807, 2.05) is 12.1 Å². The maximum Gasteiger partial charge on any atom is 0.243 e. The summed E-state index contributed by atoms with van der Waals surface area (Å²) in [5, 5.41) is 0.745. The second kappa shape index (κ2) is 9.97. The molecule has 0 saturated carbocycles. The number of nitrogens with zero attached hydrogens (tertiary/aromatic N) is 3. The summed E-state index contributed by atoms with van der Waals surface area (Å²) in [6, 6.07) is 12.0. The third kappa shape index (κ3) is 4.89. The fourth-order valence-corrected chi connectivity index (χ4v) is 7.43. The monoisotopic (exact) mass is 503 g/mol. The first-order valence-corrected chi connectivity index (χ1v) is 14.3. The van der Waals surface area contributed by atoms with Crippen LogP contribution in [0.5, 0.6) is 0 Å². The van der Waals surface area contributed by atoms with Gasteiger partial charge in [0.15, 0.2) is 5.16 Å². The lowest BCUT2D eigenvalue weighted by atomic mass is 10.0. The van der Waals surface area contributed by atoms with E-state index >= 15 is 0 Å². The minimum absolute atomic E-state index is 0.100. The van der Waals surface area contributed by atoms with Crippen molar-refractivity contribution in [3.05, 3.63) is 53.8 Å². The molecule has 2 aliphatic rings. The summed E-state index contributed by atoms with van der Waals surface area (Å²) in [5.74, 6) is 0.568. The van der Waals surface area contributed by atoms with Crippen LogP contribution >= 0.6 is 11.8 Å². The molecule has 0 aliphatic carbocycles. The average molecular weight is 504 g/mol. The third-order valence-electron chi connectivity index (χ3n) is 6.67. The number of sulfonamides is 1. The van der Waals surface area contributed by atoms with Gasteiger partial charge in [0.2, 0.25) is 10.0 Å². The van der Waals surface area contributed by atoms with Gasteiger partial charge in [-0.15, -0.1) is 0 Å². The highest BCUT2D eigenvalue weighted by Crippen LogP contribution is 2.32. The van der Waals surface area contributed by atoms with Crippen molar-refractivity contribution in [1.29, 1.82) is 0 Å². The topological polar surface area (TPSA) is 64.4 Å². The molecule has 2 saturated heterocycles. The molecular weight excluding hydrogens is 473 g/mol. The Morgan fingerprint density at radius 1 is 1.18 bits per heavy atom. The van der Waals surface area contributed by atoms with Crippen LogP contribution in [0.1, 0.15) is 38.2 Å². The lowest BCUT2D eigenvalue weighted by Gasteiger charge is -2.30. The molecule has 0 N–H and O–H groups in total. The number of hydrogen-bond acceptors (Lipinski definition) is 5. The molecule has 5 rings (SSSR count). The van der Waals surface area contributed by atoms with Crippen LogP contribution in [0, 0.1) is 11.7 Å². The smallest absolute Gasteiger partial charge is 0.243 e. The van der Waals surface area contributed by atoms with E-state index in [1.54, 1.807) is 28.6 Å². The Balaban J connectivity index is 1.48. The molecule has 34 heavy (non-hydrogen) atoms. The van der Waals surface area contributed by atoms with Crippen molar-refractivity contribution >= 4 is 32.8 Å². The van der Waals surface area contributed by atoms with Crippen LogP contribution in [-0.4, -0.2) is 48.1 Å². The van der Waals surface area contributed by atoms with Crippen LogP contribution < -0.4 is 0 Å². The van der Waals surface area contributed by atoms with Crippen LogP contribution in [0.25, 0.3) is 11.0 Å². The molecule has 0 spiro atoms. The molecule has 2 atom stereocenters. The summed E-state index contributed by atoms with van der Waals surface area (Å²) in [6.07, 6.45) is 4.06. The molecule has 0 bridgehead atoms. The number of fused-ring (bicyclic) bond motifs is 1. The molecule has 0 amide bonds. The second-order valence-corrected chi connectivity index (χ2v) is 12.2. The highest BCUT2D eigenvalue weighted by atomic mass is 32.2. The first-order chi connectivity index (χ1) is 16.4. The molecule has 182 valence electrons. The van der Waals surface area contributed by atoms with E-state index < -0.39 is 10.0 Å². The number of hydrogen-bond donors (Lipinski definition) is 0.